The molecule has 0 aliphatic carbocycles. The molecule has 0 saturated carbocycles. The highest BCUT2D eigenvalue weighted by atomic mass is 16.7. The van der Waals surface area contributed by atoms with Crippen molar-refractivity contribution in [3.05, 3.63) is 0 Å². The van der Waals surface area contributed by atoms with Gasteiger partial charge in [-0.25, -0.2) is 0 Å². The third kappa shape index (κ3) is 3.73. The number of hydrogen-bond acceptors (Lipinski definition) is 10. The average Bonchev–Trinajstić information content (AvgIpc) is 2.57. The second kappa shape index (κ2) is 8.32. The summed E-state index contributed by atoms with van der Waals surface area (Å²) in [5.74, 6) is 0. The van der Waals surface area contributed by atoms with Gasteiger partial charge in [0.15, 0.2) is 6.29 Å². The van der Waals surface area contributed by atoms with Gasteiger partial charge in [-0.2, -0.15) is 0 Å². The zero-order chi connectivity index (χ0) is 18.0. The molecule has 0 bridgehead atoms. The summed E-state index contributed by atoms with van der Waals surface area (Å²) in [6, 6.07) is 0. The van der Waals surface area contributed by atoms with Crippen molar-refractivity contribution in [2.75, 3.05) is 20.3 Å². The zero-order valence-electron chi connectivity index (χ0n) is 13.5. The lowest BCUT2D eigenvalue weighted by Crippen LogP contribution is -2.64. The number of methoxy groups -OCH3 is 1. The SMILES string of the molecule is CO[C@@H]1C(O)[C@H](O[C@@H]2C(CO)OC(C)C(O)[C@H]2O)OC(CO)[C@@H]1O. The molecule has 0 aromatic carbocycles. The molecule has 5 unspecified atom stereocenters. The normalized spacial score (nSPS) is 50.0. The van der Waals surface area contributed by atoms with Crippen LogP contribution in [0.4, 0.5) is 0 Å². The molecule has 2 saturated heterocycles. The highest BCUT2D eigenvalue weighted by Gasteiger charge is 2.50. The molecule has 6 N–H and O–H groups in total. The van der Waals surface area contributed by atoms with E-state index in [-0.39, 0.29) is 0 Å². The Kier molecular flexibility index (Phi) is 6.90. The molecule has 2 aliphatic rings. The van der Waals surface area contributed by atoms with Crippen LogP contribution in [0, 0.1) is 0 Å². The van der Waals surface area contributed by atoms with Crippen LogP contribution in [0.1, 0.15) is 6.92 Å². The van der Waals surface area contributed by atoms with E-state index in [1.807, 2.05) is 0 Å². The van der Waals surface area contributed by atoms with E-state index in [9.17, 15) is 30.6 Å². The van der Waals surface area contributed by atoms with Crippen molar-refractivity contribution in [1.82, 2.24) is 0 Å². The van der Waals surface area contributed by atoms with Crippen LogP contribution in [0.3, 0.4) is 0 Å². The summed E-state index contributed by atoms with van der Waals surface area (Å²) in [5.41, 5.74) is 0. The van der Waals surface area contributed by atoms with Crippen LogP contribution in [0.5, 0.6) is 0 Å². The maximum Gasteiger partial charge on any atom is 0.187 e. The van der Waals surface area contributed by atoms with Gasteiger partial charge in [0.25, 0.3) is 0 Å². The molecule has 0 amide bonds. The average molecular weight is 354 g/mol. The van der Waals surface area contributed by atoms with Crippen molar-refractivity contribution >= 4 is 0 Å². The van der Waals surface area contributed by atoms with Crippen LogP contribution >= 0.6 is 0 Å². The zero-order valence-corrected chi connectivity index (χ0v) is 13.5. The molecule has 10 nitrogen and oxygen atoms in total. The van der Waals surface area contributed by atoms with Crippen LogP contribution in [0.15, 0.2) is 0 Å². The molecule has 0 spiro atoms. The Bertz CT molecular complexity index is 394. The van der Waals surface area contributed by atoms with Gasteiger partial charge in [0.05, 0.1) is 19.3 Å². The van der Waals surface area contributed by atoms with Crippen molar-refractivity contribution in [2.45, 2.75) is 68.1 Å². The fourth-order valence-corrected chi connectivity index (χ4v) is 3.04. The number of rotatable bonds is 5. The number of hydrogen-bond donors (Lipinski definition) is 6. The Morgan fingerprint density at radius 1 is 0.792 bits per heavy atom. The van der Waals surface area contributed by atoms with E-state index in [2.05, 4.69) is 0 Å². The Balaban J connectivity index is 2.14. The largest absolute Gasteiger partial charge is 0.394 e. The lowest BCUT2D eigenvalue weighted by molar-refractivity contribution is -0.343. The van der Waals surface area contributed by atoms with Gasteiger partial charge in [0.1, 0.15) is 48.8 Å². The van der Waals surface area contributed by atoms with Crippen molar-refractivity contribution in [1.29, 1.82) is 0 Å². The Morgan fingerprint density at radius 3 is 1.96 bits per heavy atom. The van der Waals surface area contributed by atoms with E-state index < -0.39 is 74.4 Å². The predicted molar refractivity (Wildman–Crippen MR) is 76.9 cm³/mol. The third-order valence-electron chi connectivity index (χ3n) is 4.49. The first kappa shape index (κ1) is 19.9. The second-order valence-electron chi connectivity index (χ2n) is 6.05. The van der Waals surface area contributed by atoms with E-state index in [1.165, 1.54) is 14.0 Å². The summed E-state index contributed by atoms with van der Waals surface area (Å²) in [6.07, 6.45) is -11.7. The van der Waals surface area contributed by atoms with E-state index in [4.69, 9.17) is 18.9 Å². The van der Waals surface area contributed by atoms with Crippen molar-refractivity contribution in [2.24, 2.45) is 0 Å². The molecule has 2 rings (SSSR count). The lowest BCUT2D eigenvalue weighted by atomic mass is 9.95. The van der Waals surface area contributed by atoms with E-state index in [1.54, 1.807) is 0 Å². The van der Waals surface area contributed by atoms with Crippen molar-refractivity contribution in [3.8, 4) is 0 Å². The molecule has 2 heterocycles. The summed E-state index contributed by atoms with van der Waals surface area (Å²) in [5, 5.41) is 59.0. The number of aliphatic hydroxyl groups excluding tert-OH is 6. The monoisotopic (exact) mass is 354 g/mol. The smallest absolute Gasteiger partial charge is 0.187 e. The first-order chi connectivity index (χ1) is 11.3. The summed E-state index contributed by atoms with van der Waals surface area (Å²) in [7, 11) is 1.27. The number of aliphatic hydroxyl groups is 6. The number of ether oxygens (including phenoxy) is 4. The summed E-state index contributed by atoms with van der Waals surface area (Å²) in [6.45, 7) is 0.513. The maximum atomic E-state index is 10.2. The minimum Gasteiger partial charge on any atom is -0.394 e. The van der Waals surface area contributed by atoms with E-state index in [0.29, 0.717) is 0 Å². The fourth-order valence-electron chi connectivity index (χ4n) is 3.04. The van der Waals surface area contributed by atoms with Crippen LogP contribution in [-0.2, 0) is 18.9 Å². The Hall–Kier alpha value is -0.400. The van der Waals surface area contributed by atoms with Gasteiger partial charge in [0, 0.05) is 7.11 Å². The Labute approximate surface area is 139 Å². The van der Waals surface area contributed by atoms with Crippen LogP contribution in [-0.4, -0.2) is 112 Å². The van der Waals surface area contributed by atoms with Crippen molar-refractivity contribution in [3.63, 3.8) is 0 Å². The van der Waals surface area contributed by atoms with Gasteiger partial charge in [-0.1, -0.05) is 0 Å². The van der Waals surface area contributed by atoms with Crippen LogP contribution in [0.25, 0.3) is 0 Å². The molecule has 10 atom stereocenters. The summed E-state index contributed by atoms with van der Waals surface area (Å²) in [4.78, 5) is 0. The van der Waals surface area contributed by atoms with Gasteiger partial charge in [0.2, 0.25) is 0 Å². The van der Waals surface area contributed by atoms with E-state index >= 15 is 0 Å². The van der Waals surface area contributed by atoms with Crippen LogP contribution in [0.2, 0.25) is 0 Å². The minimum absolute atomic E-state index is 0.485. The third-order valence-corrected chi connectivity index (χ3v) is 4.49. The molecule has 2 aliphatic heterocycles. The highest BCUT2D eigenvalue weighted by Crippen LogP contribution is 2.29. The molecule has 2 fully saturated rings. The summed E-state index contributed by atoms with van der Waals surface area (Å²) >= 11 is 0. The molecule has 10 heteroatoms. The topological polar surface area (TPSA) is 158 Å². The first-order valence-electron chi connectivity index (χ1n) is 7.78. The summed E-state index contributed by atoms with van der Waals surface area (Å²) < 4.78 is 21.2. The quantitative estimate of drug-likeness (QED) is 0.290. The standard InChI is InChI=1S/C14H26O10/c1-5-8(17)10(19)12(7(4-16)22-5)24-14-11(20)13(21-2)9(18)6(3-15)23-14/h5-20H,3-4H2,1-2H3/t5?,6?,7?,8?,9-,10+,11?,12+,13-,14-/m0/s1. The molecule has 142 valence electrons. The van der Waals surface area contributed by atoms with E-state index in [0.717, 1.165) is 0 Å². The maximum absolute atomic E-state index is 10.2. The fraction of sp³-hybridized carbons (Fsp3) is 1.00. The van der Waals surface area contributed by atoms with Gasteiger partial charge in [-0.15, -0.1) is 0 Å². The molecular formula is C14H26O10. The molecule has 0 radical (unpaired) electrons. The predicted octanol–water partition coefficient (Wildman–Crippen LogP) is -3.67. The van der Waals surface area contributed by atoms with Gasteiger partial charge in [-0.05, 0) is 6.92 Å². The van der Waals surface area contributed by atoms with Gasteiger partial charge in [-0.3, -0.25) is 0 Å². The molecule has 24 heavy (non-hydrogen) atoms. The Morgan fingerprint density at radius 2 is 1.42 bits per heavy atom. The second-order valence-corrected chi connectivity index (χ2v) is 6.05. The molecule has 0 aromatic heterocycles. The molecular weight excluding hydrogens is 328 g/mol. The van der Waals surface area contributed by atoms with Crippen molar-refractivity contribution < 1.29 is 49.6 Å². The lowest BCUT2D eigenvalue weighted by Gasteiger charge is -2.46. The first-order valence-corrected chi connectivity index (χ1v) is 7.78. The van der Waals surface area contributed by atoms with Crippen LogP contribution < -0.4 is 0 Å². The highest BCUT2D eigenvalue weighted by molar-refractivity contribution is 4.95. The minimum atomic E-state index is -1.42. The van der Waals surface area contributed by atoms with Gasteiger partial charge >= 0.3 is 0 Å². The van der Waals surface area contributed by atoms with Gasteiger partial charge < -0.3 is 49.6 Å². The molecule has 0 aromatic rings.